The van der Waals surface area contributed by atoms with E-state index in [4.69, 9.17) is 9.47 Å². The second-order valence-corrected chi connectivity index (χ2v) is 5.55. The van der Waals surface area contributed by atoms with E-state index in [9.17, 15) is 4.39 Å². The number of ether oxygens (including phenoxy) is 2. The lowest BCUT2D eigenvalue weighted by Crippen LogP contribution is -2.21. The van der Waals surface area contributed by atoms with Gasteiger partial charge in [0.2, 0.25) is 0 Å². The summed E-state index contributed by atoms with van der Waals surface area (Å²) in [6.45, 7) is 1.13. The molecular weight excluding hydrogens is 323 g/mol. The van der Waals surface area contributed by atoms with Crippen LogP contribution in [0.25, 0.3) is 0 Å². The van der Waals surface area contributed by atoms with Crippen molar-refractivity contribution in [1.82, 2.24) is 0 Å². The molecule has 0 amide bonds. The van der Waals surface area contributed by atoms with E-state index in [1.54, 1.807) is 12.1 Å². The highest BCUT2D eigenvalue weighted by Gasteiger charge is 2.21. The van der Waals surface area contributed by atoms with Crippen LogP contribution in [-0.2, 0) is 11.2 Å². The van der Waals surface area contributed by atoms with Gasteiger partial charge in [-0.15, -0.1) is 0 Å². The van der Waals surface area contributed by atoms with Crippen molar-refractivity contribution in [3.05, 3.63) is 63.9 Å². The average molecular weight is 337 g/mol. The highest BCUT2D eigenvalue weighted by molar-refractivity contribution is 9.10. The molecule has 104 valence electrons. The Hall–Kier alpha value is -1.39. The van der Waals surface area contributed by atoms with Gasteiger partial charge in [0.25, 0.3) is 0 Å². The van der Waals surface area contributed by atoms with Crippen molar-refractivity contribution in [3.8, 4) is 5.75 Å². The van der Waals surface area contributed by atoms with Gasteiger partial charge in [-0.2, -0.15) is 0 Å². The molecule has 4 heteroatoms. The van der Waals surface area contributed by atoms with Gasteiger partial charge < -0.3 is 9.47 Å². The summed E-state index contributed by atoms with van der Waals surface area (Å²) < 4.78 is 25.1. The Morgan fingerprint density at radius 3 is 2.95 bits per heavy atom. The number of hydrogen-bond acceptors (Lipinski definition) is 2. The molecule has 0 fully saturated rings. The summed E-state index contributed by atoms with van der Waals surface area (Å²) in [5.41, 5.74) is 2.49. The molecule has 0 aliphatic carbocycles. The van der Waals surface area contributed by atoms with Gasteiger partial charge in [-0.1, -0.05) is 24.3 Å². The molecule has 0 bridgehead atoms. The molecule has 0 aromatic heterocycles. The van der Waals surface area contributed by atoms with Crippen molar-refractivity contribution in [2.24, 2.45) is 0 Å². The Morgan fingerprint density at radius 1 is 1.25 bits per heavy atom. The molecule has 0 spiro atoms. The molecule has 0 radical (unpaired) electrons. The lowest BCUT2D eigenvalue weighted by molar-refractivity contribution is 0.0102. The third-order valence-electron chi connectivity index (χ3n) is 3.38. The first-order valence-corrected chi connectivity index (χ1v) is 7.30. The monoisotopic (exact) mass is 336 g/mol. The summed E-state index contributed by atoms with van der Waals surface area (Å²) >= 11 is 3.15. The predicted molar refractivity (Wildman–Crippen MR) is 78.4 cm³/mol. The maximum absolute atomic E-state index is 13.2. The fourth-order valence-corrected chi connectivity index (χ4v) is 2.71. The second kappa shape index (κ2) is 5.94. The van der Waals surface area contributed by atoms with Crippen LogP contribution in [0.2, 0.25) is 0 Å². The van der Waals surface area contributed by atoms with Gasteiger partial charge in [0.1, 0.15) is 24.3 Å². The number of benzene rings is 2. The smallest absolute Gasteiger partial charge is 0.137 e. The van der Waals surface area contributed by atoms with Crippen LogP contribution in [0.4, 0.5) is 4.39 Å². The van der Waals surface area contributed by atoms with Crippen LogP contribution in [0.5, 0.6) is 5.75 Å². The summed E-state index contributed by atoms with van der Waals surface area (Å²) in [6, 6.07) is 12.9. The van der Waals surface area contributed by atoms with Crippen molar-refractivity contribution < 1.29 is 13.9 Å². The minimum Gasteiger partial charge on any atom is -0.490 e. The molecule has 0 N–H and O–H groups in total. The molecule has 2 aromatic rings. The summed E-state index contributed by atoms with van der Waals surface area (Å²) in [5, 5.41) is 0. The van der Waals surface area contributed by atoms with E-state index < -0.39 is 0 Å². The van der Waals surface area contributed by atoms with Gasteiger partial charge in [0.15, 0.2) is 0 Å². The van der Waals surface area contributed by atoms with E-state index >= 15 is 0 Å². The summed E-state index contributed by atoms with van der Waals surface area (Å²) in [5.74, 6) is 0.335. The molecule has 1 aliphatic heterocycles. The maximum Gasteiger partial charge on any atom is 0.137 e. The first kappa shape index (κ1) is 13.6. The summed E-state index contributed by atoms with van der Waals surface area (Å²) in [7, 11) is 0. The molecule has 3 rings (SSSR count). The fraction of sp³-hybridized carbons (Fsp3) is 0.250. The van der Waals surface area contributed by atoms with Gasteiger partial charge >= 0.3 is 0 Å². The third kappa shape index (κ3) is 2.86. The van der Waals surface area contributed by atoms with E-state index in [2.05, 4.69) is 28.1 Å². The van der Waals surface area contributed by atoms with Crippen molar-refractivity contribution in [1.29, 1.82) is 0 Å². The first-order valence-electron chi connectivity index (χ1n) is 6.51. The van der Waals surface area contributed by atoms with Gasteiger partial charge in [-0.3, -0.25) is 0 Å². The van der Waals surface area contributed by atoms with Crippen LogP contribution in [0, 0.1) is 5.82 Å². The second-order valence-electron chi connectivity index (χ2n) is 4.70. The van der Waals surface area contributed by atoms with Gasteiger partial charge in [0, 0.05) is 0 Å². The van der Waals surface area contributed by atoms with Crippen LogP contribution >= 0.6 is 15.9 Å². The summed E-state index contributed by atoms with van der Waals surface area (Å²) in [6.07, 6.45) is 0.873. The summed E-state index contributed by atoms with van der Waals surface area (Å²) in [4.78, 5) is 0. The number of hydrogen-bond donors (Lipinski definition) is 0. The van der Waals surface area contributed by atoms with Crippen LogP contribution in [0.3, 0.4) is 0 Å². The highest BCUT2D eigenvalue weighted by atomic mass is 79.9. The molecule has 2 aromatic carbocycles. The zero-order chi connectivity index (χ0) is 13.9. The van der Waals surface area contributed by atoms with Gasteiger partial charge in [0.05, 0.1) is 11.1 Å². The maximum atomic E-state index is 13.2. The Bertz CT molecular complexity index is 615. The molecule has 2 nitrogen and oxygen atoms in total. The van der Waals surface area contributed by atoms with Crippen LogP contribution in [-0.4, -0.2) is 13.2 Å². The number of halogens is 2. The van der Waals surface area contributed by atoms with Crippen LogP contribution in [0.15, 0.2) is 46.9 Å². The van der Waals surface area contributed by atoms with Crippen LogP contribution in [0.1, 0.15) is 17.2 Å². The topological polar surface area (TPSA) is 18.5 Å². The standard InChI is InChI=1S/C16H14BrFO2/c17-14-9-12(5-6-15(14)18)20-10-16-13-4-2-1-3-11(13)7-8-19-16/h1-6,9,16H,7-8,10H2. The molecule has 1 unspecified atom stereocenters. The van der Waals surface area contributed by atoms with Crippen molar-refractivity contribution in [3.63, 3.8) is 0 Å². The predicted octanol–water partition coefficient (Wildman–Crippen LogP) is 4.28. The fourth-order valence-electron chi connectivity index (χ4n) is 2.35. The normalized spacial score (nSPS) is 17.6. The molecule has 1 atom stereocenters. The number of fused-ring (bicyclic) bond motifs is 1. The molecule has 1 aliphatic rings. The Labute approximate surface area is 125 Å². The molecule has 0 saturated carbocycles. The zero-order valence-electron chi connectivity index (χ0n) is 10.8. The zero-order valence-corrected chi connectivity index (χ0v) is 12.4. The van der Waals surface area contributed by atoms with E-state index in [0.29, 0.717) is 23.4 Å². The molecule has 20 heavy (non-hydrogen) atoms. The van der Waals surface area contributed by atoms with Gasteiger partial charge in [-0.25, -0.2) is 4.39 Å². The minimum absolute atomic E-state index is 0.0659. The largest absolute Gasteiger partial charge is 0.490 e. The SMILES string of the molecule is Fc1ccc(OCC2OCCc3ccccc32)cc1Br. The molecular formula is C16H14BrFO2. The van der Waals surface area contributed by atoms with E-state index in [1.807, 2.05) is 12.1 Å². The lowest BCUT2D eigenvalue weighted by Gasteiger charge is -2.26. The Kier molecular flexibility index (Phi) is 4.03. The van der Waals surface area contributed by atoms with Crippen LogP contribution < -0.4 is 4.74 Å². The van der Waals surface area contributed by atoms with Crippen molar-refractivity contribution in [2.45, 2.75) is 12.5 Å². The molecule has 0 saturated heterocycles. The van der Waals surface area contributed by atoms with Crippen molar-refractivity contribution in [2.75, 3.05) is 13.2 Å². The van der Waals surface area contributed by atoms with E-state index in [1.165, 1.54) is 17.2 Å². The number of rotatable bonds is 3. The van der Waals surface area contributed by atoms with E-state index in [0.717, 1.165) is 6.42 Å². The van der Waals surface area contributed by atoms with E-state index in [-0.39, 0.29) is 11.9 Å². The van der Waals surface area contributed by atoms with Crippen molar-refractivity contribution >= 4 is 15.9 Å². The third-order valence-corrected chi connectivity index (χ3v) is 3.99. The Morgan fingerprint density at radius 2 is 2.10 bits per heavy atom. The molecule has 1 heterocycles. The average Bonchev–Trinajstić information content (AvgIpc) is 2.48. The minimum atomic E-state index is -0.295. The quantitative estimate of drug-likeness (QED) is 0.832. The Balaban J connectivity index is 1.71. The highest BCUT2D eigenvalue weighted by Crippen LogP contribution is 2.28. The van der Waals surface area contributed by atoms with Gasteiger partial charge in [-0.05, 0) is 51.7 Å². The first-order chi connectivity index (χ1) is 9.74. The lowest BCUT2D eigenvalue weighted by atomic mass is 9.98.